The minimum absolute atomic E-state index is 0.597. The van der Waals surface area contributed by atoms with Crippen molar-refractivity contribution in [2.75, 3.05) is 0 Å². The lowest BCUT2D eigenvalue weighted by atomic mass is 9.80. The van der Waals surface area contributed by atoms with Crippen LogP contribution in [0.4, 0.5) is 0 Å². The van der Waals surface area contributed by atoms with Crippen LogP contribution in [-0.4, -0.2) is 5.25 Å². The predicted octanol–water partition coefficient (Wildman–Crippen LogP) is 3.28. The fourth-order valence-corrected chi connectivity index (χ4v) is 2.59. The van der Waals surface area contributed by atoms with Gasteiger partial charge in [0.25, 0.3) is 0 Å². The maximum atomic E-state index is 4.56. The molecule has 10 heavy (non-hydrogen) atoms. The van der Waals surface area contributed by atoms with Crippen molar-refractivity contribution in [3.05, 3.63) is 0 Å². The van der Waals surface area contributed by atoms with Crippen LogP contribution in [0.15, 0.2) is 0 Å². The summed E-state index contributed by atoms with van der Waals surface area (Å²) >= 11 is 4.56. The van der Waals surface area contributed by atoms with Gasteiger partial charge in [-0.1, -0.05) is 26.7 Å². The Labute approximate surface area is 69.8 Å². The zero-order valence-electron chi connectivity index (χ0n) is 7.06. The molecule has 0 amide bonds. The van der Waals surface area contributed by atoms with Crippen LogP contribution in [0.2, 0.25) is 0 Å². The van der Waals surface area contributed by atoms with Crippen LogP contribution in [0.3, 0.4) is 0 Å². The van der Waals surface area contributed by atoms with Crippen LogP contribution in [-0.2, 0) is 0 Å². The Balaban J connectivity index is 2.58. The third-order valence-electron chi connectivity index (χ3n) is 3.19. The lowest BCUT2D eigenvalue weighted by Crippen LogP contribution is -2.24. The van der Waals surface area contributed by atoms with Crippen LogP contribution < -0.4 is 0 Å². The average Bonchev–Trinajstić information content (AvgIpc) is 2.35. The Bertz CT molecular complexity index is 101. The Morgan fingerprint density at radius 3 is 2.10 bits per heavy atom. The summed E-state index contributed by atoms with van der Waals surface area (Å²) in [5.41, 5.74) is 0.600. The van der Waals surface area contributed by atoms with E-state index >= 15 is 0 Å². The molecule has 1 saturated carbocycles. The van der Waals surface area contributed by atoms with Crippen molar-refractivity contribution >= 4 is 12.6 Å². The molecule has 0 spiro atoms. The second kappa shape index (κ2) is 3.17. The zero-order chi connectivity index (χ0) is 7.61. The van der Waals surface area contributed by atoms with E-state index in [1.54, 1.807) is 0 Å². The molecule has 1 atom stereocenters. The van der Waals surface area contributed by atoms with Gasteiger partial charge in [0.1, 0.15) is 0 Å². The number of thiol groups is 1. The van der Waals surface area contributed by atoms with Crippen molar-refractivity contribution in [1.82, 2.24) is 0 Å². The second-order valence-corrected chi connectivity index (χ2v) is 4.37. The van der Waals surface area contributed by atoms with Crippen LogP contribution in [0.25, 0.3) is 0 Å². The summed E-state index contributed by atoms with van der Waals surface area (Å²) in [5.74, 6) is 0. The van der Waals surface area contributed by atoms with Gasteiger partial charge in [0.15, 0.2) is 0 Å². The minimum atomic E-state index is 0.597. The maximum absolute atomic E-state index is 4.56. The van der Waals surface area contributed by atoms with E-state index in [2.05, 4.69) is 26.5 Å². The summed E-state index contributed by atoms with van der Waals surface area (Å²) in [6.07, 6.45) is 7.00. The van der Waals surface area contributed by atoms with Crippen LogP contribution >= 0.6 is 12.6 Å². The molecule has 1 aliphatic carbocycles. The Morgan fingerprint density at radius 2 is 1.90 bits per heavy atom. The number of rotatable bonds is 2. The van der Waals surface area contributed by atoms with Crippen molar-refractivity contribution in [2.24, 2.45) is 5.41 Å². The fourth-order valence-electron chi connectivity index (χ4n) is 2.15. The summed E-state index contributed by atoms with van der Waals surface area (Å²) in [6.45, 7) is 4.55. The molecular formula is C9H18S. The van der Waals surface area contributed by atoms with Crippen molar-refractivity contribution in [3.8, 4) is 0 Å². The monoisotopic (exact) mass is 158 g/mol. The SMILES string of the molecule is CCC1(C(C)S)CCCC1. The summed E-state index contributed by atoms with van der Waals surface area (Å²) in [4.78, 5) is 0. The molecule has 0 heterocycles. The number of hydrogen-bond donors (Lipinski definition) is 1. The highest BCUT2D eigenvalue weighted by Gasteiger charge is 2.35. The van der Waals surface area contributed by atoms with E-state index in [0.29, 0.717) is 10.7 Å². The smallest absolute Gasteiger partial charge is 0.00448 e. The quantitative estimate of drug-likeness (QED) is 0.586. The van der Waals surface area contributed by atoms with Gasteiger partial charge >= 0.3 is 0 Å². The van der Waals surface area contributed by atoms with Gasteiger partial charge in [0.05, 0.1) is 0 Å². The van der Waals surface area contributed by atoms with Gasteiger partial charge in [-0.05, 0) is 24.7 Å². The van der Waals surface area contributed by atoms with Gasteiger partial charge in [-0.25, -0.2) is 0 Å². The van der Waals surface area contributed by atoms with E-state index in [9.17, 15) is 0 Å². The highest BCUT2D eigenvalue weighted by Crippen LogP contribution is 2.45. The van der Waals surface area contributed by atoms with Crippen molar-refractivity contribution in [3.63, 3.8) is 0 Å². The van der Waals surface area contributed by atoms with E-state index in [1.807, 2.05) is 0 Å². The fraction of sp³-hybridized carbons (Fsp3) is 1.00. The van der Waals surface area contributed by atoms with E-state index in [1.165, 1.54) is 32.1 Å². The molecule has 0 saturated heterocycles. The van der Waals surface area contributed by atoms with E-state index in [4.69, 9.17) is 0 Å². The third-order valence-corrected chi connectivity index (χ3v) is 3.74. The second-order valence-electron chi connectivity index (χ2n) is 3.60. The molecule has 0 N–H and O–H groups in total. The third kappa shape index (κ3) is 1.34. The molecule has 60 valence electrons. The summed E-state index contributed by atoms with van der Waals surface area (Å²) < 4.78 is 0. The van der Waals surface area contributed by atoms with Crippen molar-refractivity contribution < 1.29 is 0 Å². The standard InChI is InChI=1S/C9H18S/c1-3-9(8(2)10)6-4-5-7-9/h8,10H,3-7H2,1-2H3. The van der Waals surface area contributed by atoms with E-state index in [0.717, 1.165) is 0 Å². The molecule has 0 nitrogen and oxygen atoms in total. The van der Waals surface area contributed by atoms with Gasteiger partial charge in [0.2, 0.25) is 0 Å². The molecule has 0 bridgehead atoms. The molecule has 1 aliphatic rings. The first-order valence-electron chi connectivity index (χ1n) is 4.39. The zero-order valence-corrected chi connectivity index (χ0v) is 7.95. The van der Waals surface area contributed by atoms with Gasteiger partial charge in [0, 0.05) is 5.25 Å². The van der Waals surface area contributed by atoms with Gasteiger partial charge in [-0.2, -0.15) is 12.6 Å². The van der Waals surface area contributed by atoms with Crippen molar-refractivity contribution in [1.29, 1.82) is 0 Å². The molecule has 1 heteroatoms. The van der Waals surface area contributed by atoms with Crippen molar-refractivity contribution in [2.45, 2.75) is 51.2 Å². The molecule has 0 aromatic carbocycles. The molecule has 1 unspecified atom stereocenters. The summed E-state index contributed by atoms with van der Waals surface area (Å²) in [6, 6.07) is 0. The predicted molar refractivity (Wildman–Crippen MR) is 49.6 cm³/mol. The minimum Gasteiger partial charge on any atom is -0.176 e. The Morgan fingerprint density at radius 1 is 1.40 bits per heavy atom. The lowest BCUT2D eigenvalue weighted by molar-refractivity contribution is 0.284. The van der Waals surface area contributed by atoms with Gasteiger partial charge < -0.3 is 0 Å². The first-order valence-corrected chi connectivity index (χ1v) is 4.91. The lowest BCUT2D eigenvalue weighted by Gasteiger charge is -2.31. The molecule has 0 radical (unpaired) electrons. The van der Waals surface area contributed by atoms with Gasteiger partial charge in [-0.15, -0.1) is 0 Å². The van der Waals surface area contributed by atoms with E-state index in [-0.39, 0.29) is 0 Å². The first-order chi connectivity index (χ1) is 4.71. The van der Waals surface area contributed by atoms with E-state index < -0.39 is 0 Å². The largest absolute Gasteiger partial charge is 0.176 e. The van der Waals surface area contributed by atoms with Crippen LogP contribution in [0.1, 0.15) is 46.0 Å². The topological polar surface area (TPSA) is 0 Å². The molecular weight excluding hydrogens is 140 g/mol. The first kappa shape index (κ1) is 8.45. The van der Waals surface area contributed by atoms with Gasteiger partial charge in [-0.3, -0.25) is 0 Å². The number of hydrogen-bond acceptors (Lipinski definition) is 1. The highest BCUT2D eigenvalue weighted by molar-refractivity contribution is 7.81. The Hall–Kier alpha value is 0.350. The summed E-state index contributed by atoms with van der Waals surface area (Å²) in [7, 11) is 0. The normalized spacial score (nSPS) is 26.7. The van der Waals surface area contributed by atoms with Crippen LogP contribution in [0, 0.1) is 5.41 Å². The van der Waals surface area contributed by atoms with Crippen LogP contribution in [0.5, 0.6) is 0 Å². The molecule has 0 aromatic rings. The Kier molecular flexibility index (Phi) is 2.67. The molecule has 0 aliphatic heterocycles. The average molecular weight is 158 g/mol. The molecule has 1 fully saturated rings. The summed E-state index contributed by atoms with van der Waals surface area (Å²) in [5, 5.41) is 0.597. The maximum Gasteiger partial charge on any atom is 0.00448 e. The highest BCUT2D eigenvalue weighted by atomic mass is 32.1. The molecule has 0 aromatic heterocycles. The molecule has 1 rings (SSSR count).